The van der Waals surface area contributed by atoms with Gasteiger partial charge in [0.15, 0.2) is 9.79 Å². The van der Waals surface area contributed by atoms with Crippen LogP contribution < -0.4 is 19.1 Å². The van der Waals surface area contributed by atoms with E-state index in [1.807, 2.05) is 39.2 Å². The summed E-state index contributed by atoms with van der Waals surface area (Å²) in [6.07, 6.45) is 12.8. The number of ether oxygens (including phenoxy) is 2. The fourth-order valence-corrected chi connectivity index (χ4v) is 11.7. The minimum absolute atomic E-state index is 0.337. The van der Waals surface area contributed by atoms with E-state index >= 15 is 0 Å². The number of rotatable bonds is 19. The number of anilines is 2. The van der Waals surface area contributed by atoms with E-state index in [1.54, 1.807) is 6.07 Å². The molecule has 2 saturated carbocycles. The van der Waals surface area contributed by atoms with Crippen molar-refractivity contribution in [3.63, 3.8) is 0 Å². The van der Waals surface area contributed by atoms with Crippen LogP contribution in [-0.2, 0) is 45.0 Å². The molecule has 21 heteroatoms. The van der Waals surface area contributed by atoms with Crippen molar-refractivity contribution in [2.45, 2.75) is 88.1 Å². The number of hydrogen-bond donors (Lipinski definition) is 1. The summed E-state index contributed by atoms with van der Waals surface area (Å²) in [6, 6.07) is 35.1. The highest BCUT2D eigenvalue weighted by Crippen LogP contribution is 2.35. The number of para-hydroxylation sites is 2. The highest BCUT2D eigenvalue weighted by Gasteiger charge is 2.31. The van der Waals surface area contributed by atoms with Crippen LogP contribution in [-0.4, -0.2) is 73.1 Å². The van der Waals surface area contributed by atoms with E-state index in [0.717, 1.165) is 87.0 Å². The van der Waals surface area contributed by atoms with Crippen LogP contribution in [0.4, 0.5) is 22.7 Å². The second-order valence-electron chi connectivity index (χ2n) is 18.9. The van der Waals surface area contributed by atoms with Gasteiger partial charge in [0.25, 0.3) is 30.4 Å². The first-order valence-electron chi connectivity index (χ1n) is 25.4. The maximum Gasteiger partial charge on any atom is 0.289 e. The van der Waals surface area contributed by atoms with Gasteiger partial charge in [-0.05, 0) is 123 Å². The summed E-state index contributed by atoms with van der Waals surface area (Å²) in [6.45, 7) is 7.24. The van der Waals surface area contributed by atoms with E-state index in [4.69, 9.17) is 25.1 Å². The number of nitro benzene ring substituents is 2. The Hall–Kier alpha value is -7.55. The summed E-state index contributed by atoms with van der Waals surface area (Å²) in [7, 11) is 0.0792. The molecule has 0 amide bonds. The molecule has 18 nitrogen and oxygen atoms in total. The number of benzene rings is 4. The van der Waals surface area contributed by atoms with Crippen LogP contribution in [0.5, 0.6) is 11.5 Å². The van der Waals surface area contributed by atoms with Crippen LogP contribution >= 0.6 is 10.7 Å². The minimum atomic E-state index is -4.18. The van der Waals surface area contributed by atoms with Crippen LogP contribution in [0.1, 0.15) is 74.9 Å². The predicted octanol–water partition coefficient (Wildman–Crippen LogP) is 11.9. The SMILES string of the molecule is CCOc1ccc(Cc2cc3cc(N(C)S(=O)(=O)c4ccccc4[N+](=O)[O-])cnc3n2CC2CCC2)cc1.CCOc1ccc(Cc2cc3cc(NC)cnc3n2CC2CCC2)cc1.O=[N+]([O-])c1ccccc1S(=O)(=O)Cl. The number of nitrogens with zero attached hydrogens (tertiary/aromatic N) is 7. The van der Waals surface area contributed by atoms with Gasteiger partial charge in [0.05, 0.1) is 46.8 Å². The molecule has 10 rings (SSSR count). The number of halogens is 1. The topological polar surface area (TPSA) is 224 Å². The fourth-order valence-electron chi connectivity index (χ4n) is 9.35. The van der Waals surface area contributed by atoms with E-state index in [1.165, 1.54) is 105 Å². The molecule has 8 aromatic rings. The number of hydrogen-bond acceptors (Lipinski definition) is 13. The zero-order valence-electron chi connectivity index (χ0n) is 43.2. The molecule has 77 heavy (non-hydrogen) atoms. The molecule has 0 bridgehead atoms. The molecule has 2 fully saturated rings. The van der Waals surface area contributed by atoms with Gasteiger partial charge in [0.2, 0.25) is 0 Å². The highest BCUT2D eigenvalue weighted by molar-refractivity contribution is 8.13. The Labute approximate surface area is 452 Å². The lowest BCUT2D eigenvalue weighted by Crippen LogP contribution is -2.27. The van der Waals surface area contributed by atoms with Crippen molar-refractivity contribution >= 4 is 74.6 Å². The van der Waals surface area contributed by atoms with Gasteiger partial charge in [-0.2, -0.15) is 0 Å². The Morgan fingerprint density at radius 2 is 1.09 bits per heavy atom. The van der Waals surface area contributed by atoms with Crippen molar-refractivity contribution in [1.82, 2.24) is 19.1 Å². The van der Waals surface area contributed by atoms with Gasteiger partial charge >= 0.3 is 0 Å². The monoisotopic (exact) mass is 1100 g/mol. The number of nitro groups is 2. The lowest BCUT2D eigenvalue weighted by Gasteiger charge is -2.27. The second-order valence-corrected chi connectivity index (χ2v) is 23.4. The Balaban J connectivity index is 0.000000173. The third-order valence-electron chi connectivity index (χ3n) is 13.9. The van der Waals surface area contributed by atoms with Crippen LogP contribution in [0, 0.1) is 32.1 Å². The zero-order chi connectivity index (χ0) is 54.9. The first kappa shape index (κ1) is 55.7. The zero-order valence-corrected chi connectivity index (χ0v) is 45.6. The summed E-state index contributed by atoms with van der Waals surface area (Å²) in [5.74, 6) is 3.18. The van der Waals surface area contributed by atoms with Crippen molar-refractivity contribution in [2.75, 3.05) is 36.9 Å². The third kappa shape index (κ3) is 13.4. The Bertz CT molecular complexity index is 3600. The number of fused-ring (bicyclic) bond motifs is 2. The Morgan fingerprint density at radius 1 is 0.649 bits per heavy atom. The van der Waals surface area contributed by atoms with Gasteiger partial charge < -0.3 is 23.9 Å². The number of nitrogens with one attached hydrogen (secondary N) is 1. The average Bonchev–Trinajstić information content (AvgIpc) is 4.01. The molecule has 2 aliphatic carbocycles. The van der Waals surface area contributed by atoms with Crippen molar-refractivity contribution in [1.29, 1.82) is 0 Å². The van der Waals surface area contributed by atoms with Gasteiger partial charge in [0.1, 0.15) is 22.8 Å². The van der Waals surface area contributed by atoms with Crippen molar-refractivity contribution < 1.29 is 36.2 Å². The van der Waals surface area contributed by atoms with E-state index in [2.05, 4.69) is 74.0 Å². The highest BCUT2D eigenvalue weighted by atomic mass is 35.7. The summed E-state index contributed by atoms with van der Waals surface area (Å²) < 4.78 is 65.2. The average molecular weight is 1110 g/mol. The first-order chi connectivity index (χ1) is 37.0. The van der Waals surface area contributed by atoms with Gasteiger partial charge in [-0.1, -0.05) is 61.4 Å². The molecule has 0 unspecified atom stereocenters. The number of pyridine rings is 2. The van der Waals surface area contributed by atoms with E-state index in [9.17, 15) is 37.1 Å². The lowest BCUT2D eigenvalue weighted by molar-refractivity contribution is -0.388. The lowest BCUT2D eigenvalue weighted by atomic mass is 9.85. The summed E-state index contributed by atoms with van der Waals surface area (Å²) in [5, 5.41) is 27.1. The van der Waals surface area contributed by atoms with Crippen LogP contribution in [0.15, 0.2) is 144 Å². The molecule has 4 heterocycles. The quantitative estimate of drug-likeness (QED) is 0.0452. The molecule has 0 radical (unpaired) electrons. The molecule has 0 saturated heterocycles. The van der Waals surface area contributed by atoms with Crippen molar-refractivity contribution in [3.8, 4) is 11.5 Å². The largest absolute Gasteiger partial charge is 0.494 e. The molecule has 0 aliphatic heterocycles. The molecule has 4 aromatic heterocycles. The van der Waals surface area contributed by atoms with Gasteiger partial charge in [0, 0.05) is 85.0 Å². The fraction of sp³-hybridized carbons (Fsp3) is 0.321. The summed E-state index contributed by atoms with van der Waals surface area (Å²) in [5.41, 5.74) is 7.23. The van der Waals surface area contributed by atoms with E-state index in [-0.39, 0.29) is 4.90 Å². The van der Waals surface area contributed by atoms with E-state index in [0.29, 0.717) is 31.2 Å². The smallest absolute Gasteiger partial charge is 0.289 e. The molecular weight excluding hydrogens is 1040 g/mol. The van der Waals surface area contributed by atoms with Crippen LogP contribution in [0.25, 0.3) is 22.1 Å². The second kappa shape index (κ2) is 24.6. The molecular formula is C56H61ClN8O10S2. The molecule has 2 aliphatic rings. The van der Waals surface area contributed by atoms with Crippen molar-refractivity contribution in [3.05, 3.63) is 176 Å². The third-order valence-corrected chi connectivity index (χ3v) is 17.1. The molecule has 404 valence electrons. The molecule has 0 spiro atoms. The number of aromatic nitrogens is 4. The Morgan fingerprint density at radius 3 is 1.51 bits per heavy atom. The van der Waals surface area contributed by atoms with Gasteiger partial charge in [-0.25, -0.2) is 26.8 Å². The van der Waals surface area contributed by atoms with Crippen LogP contribution in [0.3, 0.4) is 0 Å². The van der Waals surface area contributed by atoms with Gasteiger partial charge in [-0.3, -0.25) is 24.5 Å². The molecule has 0 atom stereocenters. The maximum atomic E-state index is 13.4. The van der Waals surface area contributed by atoms with Crippen LogP contribution in [0.2, 0.25) is 0 Å². The Kier molecular flexibility index (Phi) is 17.8. The standard InChI is InChI=1S/C28H30N4O5S.C22H27N3O.C6H4ClNO4S/c1-3-37-25-13-11-20(12-14-25)15-23-16-22-17-24(18-29-28(22)31(23)19-21-7-6-8-21)30(2)38(35,36)27-10-5-4-9-26(27)32(33)34;1-3-26-21-9-7-16(8-10-21)11-20-13-18-12-19(23-2)14-24-22(18)25(20)15-17-5-4-6-17;7-13(11,12)6-4-2-1-3-5(6)8(9)10/h4-5,9-14,16-18,21H,3,6-8,15,19H2,1-2H3;7-10,12-14,17,23H,3-6,11,15H2,1-2H3;1-4H. The molecule has 4 aromatic carbocycles. The minimum Gasteiger partial charge on any atom is -0.494 e. The maximum absolute atomic E-state index is 13.4. The van der Waals surface area contributed by atoms with E-state index < -0.39 is 45.2 Å². The summed E-state index contributed by atoms with van der Waals surface area (Å²) >= 11 is 0. The molecule has 1 N–H and O–H groups in total. The van der Waals surface area contributed by atoms with Gasteiger partial charge in [-0.15, -0.1) is 0 Å². The predicted molar refractivity (Wildman–Crippen MR) is 299 cm³/mol. The first-order valence-corrected chi connectivity index (χ1v) is 29.2. The summed E-state index contributed by atoms with van der Waals surface area (Å²) in [4.78, 5) is 28.9. The normalized spacial score (nSPS) is 13.6. The number of sulfonamides is 1. The van der Waals surface area contributed by atoms with Crippen molar-refractivity contribution in [2.24, 2.45) is 11.8 Å².